The van der Waals surface area contributed by atoms with Crippen LogP contribution >= 0.6 is 0 Å². The van der Waals surface area contributed by atoms with Crippen molar-refractivity contribution in [3.63, 3.8) is 0 Å². The van der Waals surface area contributed by atoms with Crippen molar-refractivity contribution in [2.45, 2.75) is 116 Å². The van der Waals surface area contributed by atoms with Crippen LogP contribution in [0.4, 0.5) is 4.39 Å². The van der Waals surface area contributed by atoms with E-state index in [4.69, 9.17) is 4.98 Å². The molecule has 3 aliphatic rings. The highest BCUT2D eigenvalue weighted by Crippen LogP contribution is 2.46. The summed E-state index contributed by atoms with van der Waals surface area (Å²) in [5, 5.41) is 24.7. The van der Waals surface area contributed by atoms with Gasteiger partial charge in [-0.05, 0) is 99.1 Å². The Bertz CT molecular complexity index is 1720. The van der Waals surface area contributed by atoms with Crippen molar-refractivity contribution in [1.29, 1.82) is 0 Å². The monoisotopic (exact) mass is 587 g/mol. The molecule has 3 heterocycles. The zero-order valence-electron chi connectivity index (χ0n) is 25.6. The van der Waals surface area contributed by atoms with Crippen molar-refractivity contribution in [2.75, 3.05) is 0 Å². The third-order valence-electron chi connectivity index (χ3n) is 10.2. The van der Waals surface area contributed by atoms with Crippen LogP contribution in [0, 0.1) is 12.7 Å². The molecule has 3 aromatic rings. The lowest BCUT2D eigenvalue weighted by Gasteiger charge is -2.37. The first kappa shape index (κ1) is 29.5. The number of allylic oxidation sites excluding steroid dienone is 1. The summed E-state index contributed by atoms with van der Waals surface area (Å²) in [4.78, 5) is 32.5. The molecule has 0 saturated heterocycles. The van der Waals surface area contributed by atoms with Crippen LogP contribution in [0.1, 0.15) is 117 Å². The van der Waals surface area contributed by atoms with Crippen LogP contribution in [0.3, 0.4) is 0 Å². The van der Waals surface area contributed by atoms with Crippen molar-refractivity contribution in [3.05, 3.63) is 73.5 Å². The van der Waals surface area contributed by atoms with E-state index < -0.39 is 5.60 Å². The summed E-state index contributed by atoms with van der Waals surface area (Å²) in [6, 6.07) is 3.14. The number of unbranched alkanes of at least 4 members (excludes halogenated alkanes) is 2. The van der Waals surface area contributed by atoms with Gasteiger partial charge in [0.2, 0.25) is 0 Å². The normalized spacial score (nSPS) is 19.1. The summed E-state index contributed by atoms with van der Waals surface area (Å²) >= 11 is 0. The number of aliphatic hydroxyl groups is 2. The molecule has 6 rings (SSSR count). The number of aromatic nitrogens is 2. The smallest absolute Gasteiger partial charge is 0.254 e. The van der Waals surface area contributed by atoms with Crippen LogP contribution in [0.15, 0.2) is 28.8 Å². The van der Waals surface area contributed by atoms with E-state index in [-0.39, 0.29) is 29.2 Å². The molecule has 1 amide bonds. The molecule has 1 saturated carbocycles. The zero-order chi connectivity index (χ0) is 30.6. The van der Waals surface area contributed by atoms with Crippen LogP contribution in [0.2, 0.25) is 0 Å². The first-order valence-electron chi connectivity index (χ1n) is 15.9. The van der Waals surface area contributed by atoms with Gasteiger partial charge < -0.3 is 20.1 Å². The van der Waals surface area contributed by atoms with E-state index in [1.54, 1.807) is 11.5 Å². The van der Waals surface area contributed by atoms with Crippen LogP contribution in [0.25, 0.3) is 22.3 Å². The van der Waals surface area contributed by atoms with Gasteiger partial charge in [-0.25, -0.2) is 9.37 Å². The van der Waals surface area contributed by atoms with E-state index in [2.05, 4.69) is 25.2 Å². The standard InChI is InChI=1S/C35H42FN3O4/c1-5-7-8-10-23-24(21(6-2)19(3)18-40)15-29-32-25(17-39(29)33(23)41)31-27(38-34(42)35(43)13-9-14-35)12-11-22-20(4)26(36)16-28(37-32)30(22)31/h15-16,18,21,27,40,43H,5-14,17H2,1-4H3,(H,38,42)/b19-18-. The molecular formula is C35H42FN3O4. The van der Waals surface area contributed by atoms with Crippen LogP contribution in [-0.2, 0) is 24.2 Å². The molecule has 0 radical (unpaired) electrons. The predicted octanol–water partition coefficient (Wildman–Crippen LogP) is 6.58. The number of hydrogen-bond acceptors (Lipinski definition) is 5. The quantitative estimate of drug-likeness (QED) is 0.152. The van der Waals surface area contributed by atoms with Crippen molar-refractivity contribution >= 4 is 16.8 Å². The lowest BCUT2D eigenvalue weighted by atomic mass is 9.78. The van der Waals surface area contributed by atoms with Gasteiger partial charge in [0.1, 0.15) is 11.4 Å². The molecule has 7 nitrogen and oxygen atoms in total. The van der Waals surface area contributed by atoms with Crippen LogP contribution < -0.4 is 10.9 Å². The Balaban J connectivity index is 1.57. The van der Waals surface area contributed by atoms with Crippen molar-refractivity contribution in [2.24, 2.45) is 0 Å². The second kappa shape index (κ2) is 11.2. The number of pyridine rings is 2. The Morgan fingerprint density at radius 2 is 2.02 bits per heavy atom. The molecule has 2 unspecified atom stereocenters. The minimum Gasteiger partial charge on any atom is -0.516 e. The lowest BCUT2D eigenvalue weighted by molar-refractivity contribution is -0.149. The van der Waals surface area contributed by atoms with Crippen molar-refractivity contribution in [1.82, 2.24) is 14.9 Å². The number of nitrogens with one attached hydrogen (secondary N) is 1. The third kappa shape index (κ3) is 4.69. The number of aryl methyl sites for hydroxylation is 1. The molecule has 0 bridgehead atoms. The van der Waals surface area contributed by atoms with Crippen molar-refractivity contribution in [3.8, 4) is 11.4 Å². The molecular weight excluding hydrogens is 545 g/mol. The molecule has 8 heteroatoms. The Morgan fingerprint density at radius 1 is 1.26 bits per heavy atom. The predicted molar refractivity (Wildman–Crippen MR) is 166 cm³/mol. The number of benzene rings is 1. The first-order valence-corrected chi connectivity index (χ1v) is 15.9. The van der Waals surface area contributed by atoms with Gasteiger partial charge in [-0.15, -0.1) is 0 Å². The maximum atomic E-state index is 15.2. The number of aliphatic hydroxyl groups excluding tert-OH is 1. The molecule has 0 spiro atoms. The first-order chi connectivity index (χ1) is 20.6. The van der Waals surface area contributed by atoms with Crippen LogP contribution in [0.5, 0.6) is 0 Å². The Kier molecular flexibility index (Phi) is 7.69. The van der Waals surface area contributed by atoms with E-state index in [0.29, 0.717) is 61.1 Å². The van der Waals surface area contributed by atoms with Gasteiger partial charge in [0.25, 0.3) is 11.5 Å². The number of halogens is 1. The molecule has 2 aromatic heterocycles. The number of hydrogen-bond donors (Lipinski definition) is 3. The van der Waals surface area contributed by atoms with E-state index in [0.717, 1.165) is 77.1 Å². The zero-order valence-corrected chi connectivity index (χ0v) is 25.6. The lowest BCUT2D eigenvalue weighted by Crippen LogP contribution is -2.52. The van der Waals surface area contributed by atoms with Crippen LogP contribution in [-0.4, -0.2) is 31.3 Å². The maximum Gasteiger partial charge on any atom is 0.254 e. The minimum absolute atomic E-state index is 0.0511. The van der Waals surface area contributed by atoms with E-state index in [9.17, 15) is 19.8 Å². The second-order valence-electron chi connectivity index (χ2n) is 12.8. The summed E-state index contributed by atoms with van der Waals surface area (Å²) in [5.74, 6) is -0.802. The Labute approximate surface area is 251 Å². The highest BCUT2D eigenvalue weighted by Gasteiger charge is 2.44. The molecule has 43 heavy (non-hydrogen) atoms. The molecule has 2 aliphatic carbocycles. The summed E-state index contributed by atoms with van der Waals surface area (Å²) in [7, 11) is 0. The van der Waals surface area contributed by atoms with Gasteiger partial charge in [0, 0.05) is 28.5 Å². The average molecular weight is 588 g/mol. The summed E-state index contributed by atoms with van der Waals surface area (Å²) in [5.41, 5.74) is 6.17. The van der Waals surface area contributed by atoms with E-state index >= 15 is 4.39 Å². The number of fused-ring (bicyclic) bond motifs is 4. The van der Waals surface area contributed by atoms with Gasteiger partial charge in [-0.3, -0.25) is 9.59 Å². The van der Waals surface area contributed by atoms with Crippen molar-refractivity contribution < 1.29 is 19.4 Å². The topological polar surface area (TPSA) is 104 Å². The summed E-state index contributed by atoms with van der Waals surface area (Å²) in [6.45, 7) is 8.18. The molecule has 1 aliphatic heterocycles. The minimum atomic E-state index is -1.34. The largest absolute Gasteiger partial charge is 0.516 e. The van der Waals surface area contributed by atoms with Gasteiger partial charge in [-0.1, -0.05) is 26.7 Å². The Morgan fingerprint density at radius 3 is 2.67 bits per heavy atom. The molecule has 1 aromatic carbocycles. The van der Waals surface area contributed by atoms with Gasteiger partial charge in [0.15, 0.2) is 0 Å². The fourth-order valence-electron chi connectivity index (χ4n) is 7.53. The number of nitrogens with zero attached hydrogens (tertiary/aromatic N) is 2. The number of amides is 1. The van der Waals surface area contributed by atoms with Gasteiger partial charge in [0.05, 0.1) is 35.8 Å². The van der Waals surface area contributed by atoms with Gasteiger partial charge >= 0.3 is 0 Å². The second-order valence-corrected chi connectivity index (χ2v) is 12.8. The average Bonchev–Trinajstić information content (AvgIpc) is 3.35. The molecule has 2 atom stereocenters. The summed E-state index contributed by atoms with van der Waals surface area (Å²) in [6.07, 6.45) is 8.33. The molecule has 228 valence electrons. The molecule has 1 fully saturated rings. The van der Waals surface area contributed by atoms with E-state index in [1.807, 2.05) is 6.92 Å². The highest BCUT2D eigenvalue weighted by atomic mass is 19.1. The number of carbonyl (C=O) groups excluding carboxylic acids is 1. The SMILES string of the molecule is CCCCCc1c(C(CC)/C(C)=C\O)cc2n(c1=O)Cc1c-2nc2cc(F)c(C)c3c2c1C(NC(=O)C1(O)CCC1)CC3. The van der Waals surface area contributed by atoms with Gasteiger partial charge in [-0.2, -0.15) is 0 Å². The summed E-state index contributed by atoms with van der Waals surface area (Å²) < 4.78 is 17.0. The number of carbonyl (C=O) groups is 1. The number of rotatable bonds is 9. The fraction of sp³-hybridized carbons (Fsp3) is 0.514. The third-order valence-corrected chi connectivity index (χ3v) is 10.2. The fourth-order valence-corrected chi connectivity index (χ4v) is 7.53. The molecule has 3 N–H and O–H groups in total. The highest BCUT2D eigenvalue weighted by molar-refractivity contribution is 5.94. The van der Waals surface area contributed by atoms with E-state index in [1.165, 1.54) is 6.07 Å². The Hall–Kier alpha value is -3.52. The maximum absolute atomic E-state index is 15.2.